The Balaban J connectivity index is 2.48. The van der Waals surface area contributed by atoms with E-state index in [1.54, 1.807) is 13.2 Å². The van der Waals surface area contributed by atoms with Gasteiger partial charge in [0, 0.05) is 18.5 Å². The predicted molar refractivity (Wildman–Crippen MR) is 55.6 cm³/mol. The Kier molecular flexibility index (Phi) is 2.41. The van der Waals surface area contributed by atoms with E-state index in [1.165, 1.54) is 0 Å². The predicted octanol–water partition coefficient (Wildman–Crippen LogP) is 2.74. The van der Waals surface area contributed by atoms with E-state index in [0.717, 1.165) is 11.1 Å². The Labute approximate surface area is 86.7 Å². The van der Waals surface area contributed by atoms with Crippen LogP contribution in [0, 0.1) is 0 Å². The van der Waals surface area contributed by atoms with E-state index >= 15 is 0 Å². The lowest BCUT2D eigenvalue weighted by Gasteiger charge is -2.02. The highest BCUT2D eigenvalue weighted by Gasteiger charge is 2.03. The fourth-order valence-corrected chi connectivity index (χ4v) is 1.45. The normalized spacial score (nSPS) is 10.1. The maximum Gasteiger partial charge on any atom is 0.214 e. The molecule has 2 heterocycles. The molecule has 0 spiro atoms. The molecule has 2 aromatic heterocycles. The van der Waals surface area contributed by atoms with Crippen molar-refractivity contribution >= 4 is 11.6 Å². The van der Waals surface area contributed by atoms with Crippen LogP contribution in [-0.2, 0) is 0 Å². The lowest BCUT2D eigenvalue weighted by atomic mass is 10.1. The molecule has 2 aromatic rings. The summed E-state index contributed by atoms with van der Waals surface area (Å²) < 4.78 is 5.03. The summed E-state index contributed by atoms with van der Waals surface area (Å²) in [5, 5.41) is 0.431. The van der Waals surface area contributed by atoms with Crippen molar-refractivity contribution in [2.45, 2.75) is 0 Å². The van der Waals surface area contributed by atoms with Crippen molar-refractivity contribution in [2.24, 2.45) is 0 Å². The number of hydrogen-bond donors (Lipinski definition) is 1. The van der Waals surface area contributed by atoms with E-state index in [0.29, 0.717) is 11.0 Å². The largest absolute Gasteiger partial charge is 0.481 e. The van der Waals surface area contributed by atoms with Gasteiger partial charge in [-0.25, -0.2) is 4.98 Å². The van der Waals surface area contributed by atoms with Crippen LogP contribution in [0.1, 0.15) is 0 Å². The molecule has 0 fully saturated rings. The first-order valence-electron chi connectivity index (χ1n) is 4.14. The maximum absolute atomic E-state index is 5.84. The van der Waals surface area contributed by atoms with E-state index in [1.807, 2.05) is 24.5 Å². The van der Waals surface area contributed by atoms with Crippen molar-refractivity contribution in [1.29, 1.82) is 0 Å². The molecule has 0 aliphatic heterocycles. The van der Waals surface area contributed by atoms with Crippen LogP contribution in [0.5, 0.6) is 5.88 Å². The first-order chi connectivity index (χ1) is 6.79. The smallest absolute Gasteiger partial charge is 0.214 e. The summed E-state index contributed by atoms with van der Waals surface area (Å²) in [5.41, 5.74) is 2.05. The van der Waals surface area contributed by atoms with E-state index < -0.39 is 0 Å². The zero-order valence-electron chi connectivity index (χ0n) is 7.62. The fourth-order valence-electron chi connectivity index (χ4n) is 1.25. The molecule has 2 rings (SSSR count). The quantitative estimate of drug-likeness (QED) is 0.771. The van der Waals surface area contributed by atoms with Gasteiger partial charge in [0.2, 0.25) is 5.88 Å². The summed E-state index contributed by atoms with van der Waals surface area (Å²) in [6.07, 6.45) is 3.75. The highest BCUT2D eigenvalue weighted by molar-refractivity contribution is 6.29. The third-order valence-electron chi connectivity index (χ3n) is 1.91. The number of H-pyrrole nitrogens is 1. The Morgan fingerprint density at radius 1 is 1.36 bits per heavy atom. The van der Waals surface area contributed by atoms with Gasteiger partial charge in [-0.15, -0.1) is 0 Å². The van der Waals surface area contributed by atoms with Crippen molar-refractivity contribution < 1.29 is 4.74 Å². The minimum Gasteiger partial charge on any atom is -0.481 e. The monoisotopic (exact) mass is 208 g/mol. The minimum atomic E-state index is 0.431. The number of rotatable bonds is 2. The molecule has 0 aliphatic carbocycles. The molecule has 4 heteroatoms. The number of nitrogens with zero attached hydrogens (tertiary/aromatic N) is 1. The topological polar surface area (TPSA) is 37.9 Å². The van der Waals surface area contributed by atoms with Crippen molar-refractivity contribution in [3.8, 4) is 17.0 Å². The van der Waals surface area contributed by atoms with E-state index in [9.17, 15) is 0 Å². The number of ether oxygens (including phenoxy) is 1. The Morgan fingerprint density at radius 3 is 2.86 bits per heavy atom. The van der Waals surface area contributed by atoms with Gasteiger partial charge in [-0.05, 0) is 23.3 Å². The molecule has 14 heavy (non-hydrogen) atoms. The van der Waals surface area contributed by atoms with E-state index in [-0.39, 0.29) is 0 Å². The number of halogens is 1. The minimum absolute atomic E-state index is 0.431. The maximum atomic E-state index is 5.84. The Morgan fingerprint density at radius 2 is 2.21 bits per heavy atom. The summed E-state index contributed by atoms with van der Waals surface area (Å²) in [6.45, 7) is 0. The number of pyridine rings is 1. The summed E-state index contributed by atoms with van der Waals surface area (Å²) in [7, 11) is 1.57. The second-order valence-corrected chi connectivity index (χ2v) is 3.21. The third-order valence-corrected chi connectivity index (χ3v) is 2.10. The van der Waals surface area contributed by atoms with Gasteiger partial charge in [0.15, 0.2) is 0 Å². The number of nitrogens with one attached hydrogen (secondary N) is 1. The molecule has 0 aliphatic rings. The average molecular weight is 209 g/mol. The van der Waals surface area contributed by atoms with Crippen LogP contribution < -0.4 is 4.74 Å². The van der Waals surface area contributed by atoms with Crippen LogP contribution >= 0.6 is 11.6 Å². The molecule has 0 bridgehead atoms. The zero-order valence-corrected chi connectivity index (χ0v) is 8.38. The van der Waals surface area contributed by atoms with Gasteiger partial charge in [0.25, 0.3) is 0 Å². The molecule has 72 valence electrons. The van der Waals surface area contributed by atoms with Crippen LogP contribution in [-0.4, -0.2) is 17.1 Å². The van der Waals surface area contributed by atoms with Gasteiger partial charge >= 0.3 is 0 Å². The van der Waals surface area contributed by atoms with Gasteiger partial charge in [-0.3, -0.25) is 0 Å². The van der Waals surface area contributed by atoms with Gasteiger partial charge in [-0.2, -0.15) is 0 Å². The SMILES string of the molecule is COc1cc(-c2cc[nH]c2)cc(Cl)n1. The highest BCUT2D eigenvalue weighted by Crippen LogP contribution is 2.25. The molecular weight excluding hydrogens is 200 g/mol. The van der Waals surface area contributed by atoms with Crippen LogP contribution in [0.15, 0.2) is 30.6 Å². The van der Waals surface area contributed by atoms with E-state index in [2.05, 4.69) is 9.97 Å². The second-order valence-electron chi connectivity index (χ2n) is 2.82. The van der Waals surface area contributed by atoms with Crippen LogP contribution in [0.25, 0.3) is 11.1 Å². The van der Waals surface area contributed by atoms with E-state index in [4.69, 9.17) is 16.3 Å². The molecule has 0 aromatic carbocycles. The number of hydrogen-bond acceptors (Lipinski definition) is 2. The zero-order chi connectivity index (χ0) is 9.97. The van der Waals surface area contributed by atoms with Crippen molar-refractivity contribution in [3.63, 3.8) is 0 Å². The molecule has 0 saturated carbocycles. The van der Waals surface area contributed by atoms with Crippen molar-refractivity contribution in [2.75, 3.05) is 7.11 Å². The number of aromatic nitrogens is 2. The van der Waals surface area contributed by atoms with Crippen LogP contribution in [0.3, 0.4) is 0 Å². The number of aromatic amines is 1. The second kappa shape index (κ2) is 3.72. The summed E-state index contributed by atoms with van der Waals surface area (Å²) in [5.74, 6) is 0.522. The molecule has 0 radical (unpaired) electrons. The molecule has 0 atom stereocenters. The van der Waals surface area contributed by atoms with Crippen molar-refractivity contribution in [3.05, 3.63) is 35.7 Å². The number of methoxy groups -OCH3 is 1. The highest BCUT2D eigenvalue weighted by atomic mass is 35.5. The van der Waals surface area contributed by atoms with Gasteiger partial charge in [0.1, 0.15) is 5.15 Å². The lowest BCUT2D eigenvalue weighted by Crippen LogP contribution is -1.88. The first-order valence-corrected chi connectivity index (χ1v) is 4.52. The molecule has 1 N–H and O–H groups in total. The summed E-state index contributed by atoms with van der Waals surface area (Å²) >= 11 is 5.84. The third kappa shape index (κ3) is 1.72. The van der Waals surface area contributed by atoms with Gasteiger partial charge in [-0.1, -0.05) is 11.6 Å². The van der Waals surface area contributed by atoms with Gasteiger partial charge in [0.05, 0.1) is 7.11 Å². The molecule has 0 amide bonds. The fraction of sp³-hybridized carbons (Fsp3) is 0.100. The Hall–Kier alpha value is -1.48. The summed E-state index contributed by atoms with van der Waals surface area (Å²) in [4.78, 5) is 6.98. The molecular formula is C10H9ClN2O. The lowest BCUT2D eigenvalue weighted by molar-refractivity contribution is 0.398. The summed E-state index contributed by atoms with van der Waals surface area (Å²) in [6, 6.07) is 5.60. The van der Waals surface area contributed by atoms with Crippen LogP contribution in [0.4, 0.5) is 0 Å². The first kappa shape index (κ1) is 9.09. The molecule has 3 nitrogen and oxygen atoms in total. The molecule has 0 saturated heterocycles. The standard InChI is InChI=1S/C10H9ClN2O/c1-14-10-5-8(4-9(11)13-10)7-2-3-12-6-7/h2-6,12H,1H3. The van der Waals surface area contributed by atoms with Crippen LogP contribution in [0.2, 0.25) is 5.15 Å². The average Bonchev–Trinajstić information content (AvgIpc) is 2.69. The molecule has 0 unspecified atom stereocenters. The Bertz CT molecular complexity index is 426. The van der Waals surface area contributed by atoms with Crippen molar-refractivity contribution in [1.82, 2.24) is 9.97 Å². The van der Waals surface area contributed by atoms with Gasteiger partial charge < -0.3 is 9.72 Å².